The third-order valence-electron chi connectivity index (χ3n) is 5.21. The fourth-order valence-electron chi connectivity index (χ4n) is 3.64. The van der Waals surface area contributed by atoms with Crippen molar-refractivity contribution in [1.82, 2.24) is 9.62 Å². The lowest BCUT2D eigenvalue weighted by molar-refractivity contribution is -0.126. The minimum atomic E-state index is -3.59. The van der Waals surface area contributed by atoms with Crippen molar-refractivity contribution < 1.29 is 22.7 Å². The summed E-state index contributed by atoms with van der Waals surface area (Å²) in [5.74, 6) is 0.833. The zero-order valence-electron chi connectivity index (χ0n) is 16.0. The number of rotatable bonds is 5. The highest BCUT2D eigenvalue weighted by Gasteiger charge is 2.33. The van der Waals surface area contributed by atoms with E-state index in [0.29, 0.717) is 44.0 Å². The Labute approximate surface area is 170 Å². The van der Waals surface area contributed by atoms with Crippen LogP contribution in [0.15, 0.2) is 59.5 Å². The van der Waals surface area contributed by atoms with Crippen LogP contribution in [0.3, 0.4) is 0 Å². The summed E-state index contributed by atoms with van der Waals surface area (Å²) in [4.78, 5) is 12.9. The van der Waals surface area contributed by atoms with Crippen LogP contribution in [0.2, 0.25) is 0 Å². The first-order valence-electron chi connectivity index (χ1n) is 9.75. The molecule has 7 nitrogen and oxygen atoms in total. The molecule has 0 aliphatic carbocycles. The van der Waals surface area contributed by atoms with Gasteiger partial charge >= 0.3 is 0 Å². The zero-order chi connectivity index (χ0) is 20.3. The van der Waals surface area contributed by atoms with E-state index < -0.39 is 10.0 Å². The monoisotopic (exact) mass is 416 g/mol. The molecule has 2 aliphatic rings. The van der Waals surface area contributed by atoms with Gasteiger partial charge in [0.2, 0.25) is 15.9 Å². The molecule has 2 heterocycles. The number of nitrogens with zero attached hydrogens (tertiary/aromatic N) is 1. The van der Waals surface area contributed by atoms with Gasteiger partial charge in [0.25, 0.3) is 0 Å². The summed E-state index contributed by atoms with van der Waals surface area (Å²) in [6, 6.07) is 15.8. The molecule has 2 atom stereocenters. The van der Waals surface area contributed by atoms with Crippen LogP contribution in [0.4, 0.5) is 0 Å². The van der Waals surface area contributed by atoms with Gasteiger partial charge in [-0.3, -0.25) is 4.79 Å². The van der Waals surface area contributed by atoms with Gasteiger partial charge in [-0.15, -0.1) is 0 Å². The number of hydrogen-bond acceptors (Lipinski definition) is 5. The summed E-state index contributed by atoms with van der Waals surface area (Å²) < 4.78 is 38.6. The quantitative estimate of drug-likeness (QED) is 0.806. The molecule has 4 rings (SSSR count). The second-order valence-electron chi connectivity index (χ2n) is 7.26. The number of hydrogen-bond donors (Lipinski definition) is 1. The molecule has 1 saturated heterocycles. The third kappa shape index (κ3) is 4.38. The maximum atomic E-state index is 12.8. The molecular weight excluding hydrogens is 392 g/mol. The van der Waals surface area contributed by atoms with Crippen LogP contribution in [-0.4, -0.2) is 51.0 Å². The number of piperidine rings is 1. The van der Waals surface area contributed by atoms with E-state index >= 15 is 0 Å². The number of carbonyl (C=O) groups excluding carboxylic acids is 1. The van der Waals surface area contributed by atoms with E-state index in [4.69, 9.17) is 9.47 Å². The standard InChI is InChI=1S/C21H24N2O5S/c24-21(22-13-17-15-27-19-10-4-5-11-20(19)28-17)16-7-6-12-23(14-16)29(25,26)18-8-2-1-3-9-18/h1-5,8-11,16-17H,6-7,12-15H2,(H,22,24)/t16-,17+/m0/s1. The Hall–Kier alpha value is -2.58. The summed E-state index contributed by atoms with van der Waals surface area (Å²) in [6.45, 7) is 1.29. The topological polar surface area (TPSA) is 84.9 Å². The van der Waals surface area contributed by atoms with Gasteiger partial charge in [-0.05, 0) is 37.1 Å². The Bertz CT molecular complexity index is 964. The van der Waals surface area contributed by atoms with Crippen LogP contribution >= 0.6 is 0 Å². The van der Waals surface area contributed by atoms with Gasteiger partial charge in [0, 0.05) is 13.1 Å². The second-order valence-corrected chi connectivity index (χ2v) is 9.20. The normalized spacial score (nSPS) is 22.1. The maximum Gasteiger partial charge on any atom is 0.243 e. The molecule has 0 unspecified atom stereocenters. The molecule has 1 fully saturated rings. The molecular formula is C21H24N2O5S. The van der Waals surface area contributed by atoms with Crippen molar-refractivity contribution in [2.45, 2.75) is 23.8 Å². The van der Waals surface area contributed by atoms with Crippen LogP contribution in [0, 0.1) is 5.92 Å². The van der Waals surface area contributed by atoms with Gasteiger partial charge in [-0.25, -0.2) is 8.42 Å². The van der Waals surface area contributed by atoms with Crippen molar-refractivity contribution in [3.05, 3.63) is 54.6 Å². The molecule has 1 N–H and O–H groups in total. The highest BCUT2D eigenvalue weighted by Crippen LogP contribution is 2.30. The van der Waals surface area contributed by atoms with E-state index in [0.717, 1.165) is 0 Å². The molecule has 0 aromatic heterocycles. The predicted molar refractivity (Wildman–Crippen MR) is 107 cm³/mol. The molecule has 0 spiro atoms. The van der Waals surface area contributed by atoms with Gasteiger partial charge in [-0.1, -0.05) is 30.3 Å². The fraction of sp³-hybridized carbons (Fsp3) is 0.381. The number of benzene rings is 2. The molecule has 29 heavy (non-hydrogen) atoms. The first-order chi connectivity index (χ1) is 14.0. The molecule has 0 bridgehead atoms. The summed E-state index contributed by atoms with van der Waals surface area (Å²) >= 11 is 0. The van der Waals surface area contributed by atoms with E-state index in [-0.39, 0.29) is 29.4 Å². The van der Waals surface area contributed by atoms with E-state index in [1.807, 2.05) is 24.3 Å². The van der Waals surface area contributed by atoms with Gasteiger partial charge in [0.15, 0.2) is 11.5 Å². The zero-order valence-corrected chi connectivity index (χ0v) is 16.8. The highest BCUT2D eigenvalue weighted by molar-refractivity contribution is 7.89. The van der Waals surface area contributed by atoms with Crippen LogP contribution in [0.1, 0.15) is 12.8 Å². The second kappa shape index (κ2) is 8.42. The Morgan fingerprint density at radius 2 is 1.79 bits per heavy atom. The average molecular weight is 416 g/mol. The minimum absolute atomic E-state index is 0.152. The van der Waals surface area contributed by atoms with Gasteiger partial charge in [-0.2, -0.15) is 4.31 Å². The Morgan fingerprint density at radius 3 is 2.59 bits per heavy atom. The van der Waals surface area contributed by atoms with Crippen LogP contribution in [0.5, 0.6) is 11.5 Å². The van der Waals surface area contributed by atoms with E-state index in [1.54, 1.807) is 30.3 Å². The number of ether oxygens (including phenoxy) is 2. The van der Waals surface area contributed by atoms with Gasteiger partial charge < -0.3 is 14.8 Å². The number of para-hydroxylation sites is 2. The van der Waals surface area contributed by atoms with Crippen molar-refractivity contribution in [1.29, 1.82) is 0 Å². The predicted octanol–water partition coefficient (Wildman–Crippen LogP) is 2.04. The van der Waals surface area contributed by atoms with Crippen molar-refractivity contribution >= 4 is 15.9 Å². The van der Waals surface area contributed by atoms with Crippen LogP contribution < -0.4 is 14.8 Å². The first-order valence-corrected chi connectivity index (χ1v) is 11.2. The van der Waals surface area contributed by atoms with E-state index in [2.05, 4.69) is 5.32 Å². The van der Waals surface area contributed by atoms with E-state index in [9.17, 15) is 13.2 Å². The van der Waals surface area contributed by atoms with Crippen molar-refractivity contribution in [3.63, 3.8) is 0 Å². The van der Waals surface area contributed by atoms with Crippen molar-refractivity contribution in [2.75, 3.05) is 26.2 Å². The smallest absolute Gasteiger partial charge is 0.243 e. The van der Waals surface area contributed by atoms with Crippen LogP contribution in [0.25, 0.3) is 0 Å². The van der Waals surface area contributed by atoms with Crippen molar-refractivity contribution in [3.8, 4) is 11.5 Å². The SMILES string of the molecule is O=C(NC[C@@H]1COc2ccccc2O1)[C@H]1CCCN(S(=O)(=O)c2ccccc2)C1. The number of amides is 1. The number of fused-ring (bicyclic) bond motifs is 1. The number of carbonyl (C=O) groups is 1. The van der Waals surface area contributed by atoms with Gasteiger partial charge in [0.05, 0.1) is 17.4 Å². The summed E-state index contributed by atoms with van der Waals surface area (Å²) in [5, 5.41) is 2.90. The van der Waals surface area contributed by atoms with E-state index in [1.165, 1.54) is 4.31 Å². The lowest BCUT2D eigenvalue weighted by Crippen LogP contribution is -2.48. The maximum absolute atomic E-state index is 12.8. The summed E-state index contributed by atoms with van der Waals surface area (Å²) in [5.41, 5.74) is 0. The minimum Gasteiger partial charge on any atom is -0.486 e. The van der Waals surface area contributed by atoms with Gasteiger partial charge in [0.1, 0.15) is 12.7 Å². The third-order valence-corrected chi connectivity index (χ3v) is 7.09. The summed E-state index contributed by atoms with van der Waals surface area (Å²) in [6.07, 6.45) is 1.04. The largest absolute Gasteiger partial charge is 0.486 e. The molecule has 154 valence electrons. The Balaban J connectivity index is 1.34. The molecule has 0 saturated carbocycles. The molecule has 1 amide bonds. The fourth-order valence-corrected chi connectivity index (χ4v) is 5.18. The Morgan fingerprint density at radius 1 is 1.07 bits per heavy atom. The first kappa shape index (κ1) is 19.7. The average Bonchev–Trinajstić information content (AvgIpc) is 2.78. The molecule has 8 heteroatoms. The lowest BCUT2D eigenvalue weighted by atomic mass is 9.99. The molecule has 2 aromatic rings. The van der Waals surface area contributed by atoms with Crippen LogP contribution in [-0.2, 0) is 14.8 Å². The molecule has 2 aliphatic heterocycles. The highest BCUT2D eigenvalue weighted by atomic mass is 32.2. The molecule has 0 radical (unpaired) electrons. The summed E-state index contributed by atoms with van der Waals surface area (Å²) in [7, 11) is -3.59. The number of sulfonamides is 1. The van der Waals surface area contributed by atoms with Crippen molar-refractivity contribution in [2.24, 2.45) is 5.92 Å². The number of nitrogens with one attached hydrogen (secondary N) is 1. The molecule has 2 aromatic carbocycles. The Kier molecular flexibility index (Phi) is 5.73. The lowest BCUT2D eigenvalue weighted by Gasteiger charge is -2.32.